The lowest BCUT2D eigenvalue weighted by atomic mass is 9.99. The van der Waals surface area contributed by atoms with E-state index in [-0.39, 0.29) is 11.7 Å². The van der Waals surface area contributed by atoms with Crippen LogP contribution >= 0.6 is 0 Å². The molecule has 3 rings (SSSR count). The molecule has 0 aliphatic carbocycles. The fourth-order valence-electron chi connectivity index (χ4n) is 3.22. The molecule has 0 aromatic heterocycles. The van der Waals surface area contributed by atoms with E-state index in [2.05, 4.69) is 4.90 Å². The van der Waals surface area contributed by atoms with Crippen molar-refractivity contribution in [3.63, 3.8) is 0 Å². The lowest BCUT2D eigenvalue weighted by Crippen LogP contribution is -2.48. The molecule has 5 nitrogen and oxygen atoms in total. The van der Waals surface area contributed by atoms with Crippen molar-refractivity contribution < 1.29 is 18.7 Å². The highest BCUT2D eigenvalue weighted by molar-refractivity contribution is 5.78. The predicted octanol–water partition coefficient (Wildman–Crippen LogP) is 1.78. The molecule has 0 N–H and O–H groups in total. The normalized spacial score (nSPS) is 22.4. The number of benzene rings is 1. The number of ether oxygens (including phenoxy) is 2. The molecule has 24 heavy (non-hydrogen) atoms. The van der Waals surface area contributed by atoms with Crippen molar-refractivity contribution in [1.82, 2.24) is 9.80 Å². The summed E-state index contributed by atoms with van der Waals surface area (Å²) < 4.78 is 24.0. The quantitative estimate of drug-likeness (QED) is 0.822. The number of carbonyl (C=O) groups excluding carboxylic acids is 1. The summed E-state index contributed by atoms with van der Waals surface area (Å²) in [6.45, 7) is 5.69. The average molecular weight is 336 g/mol. The van der Waals surface area contributed by atoms with Crippen molar-refractivity contribution in [1.29, 1.82) is 0 Å². The van der Waals surface area contributed by atoms with Gasteiger partial charge in [0.25, 0.3) is 0 Å². The minimum Gasteiger partial charge on any atom is -0.493 e. The zero-order valence-corrected chi connectivity index (χ0v) is 14.0. The van der Waals surface area contributed by atoms with Gasteiger partial charge in [-0.2, -0.15) is 0 Å². The van der Waals surface area contributed by atoms with Gasteiger partial charge in [-0.3, -0.25) is 9.69 Å². The molecular weight excluding hydrogens is 311 g/mol. The van der Waals surface area contributed by atoms with Crippen LogP contribution in [0, 0.1) is 11.7 Å². The highest BCUT2D eigenvalue weighted by Crippen LogP contribution is 2.19. The Kier molecular flexibility index (Phi) is 6.04. The predicted molar refractivity (Wildman–Crippen MR) is 88.5 cm³/mol. The van der Waals surface area contributed by atoms with Gasteiger partial charge in [0.2, 0.25) is 5.91 Å². The van der Waals surface area contributed by atoms with Crippen molar-refractivity contribution in [3.05, 3.63) is 30.1 Å². The van der Waals surface area contributed by atoms with Gasteiger partial charge >= 0.3 is 0 Å². The molecule has 0 spiro atoms. The van der Waals surface area contributed by atoms with E-state index in [9.17, 15) is 9.18 Å². The molecule has 2 heterocycles. The van der Waals surface area contributed by atoms with Crippen molar-refractivity contribution in [2.75, 3.05) is 52.5 Å². The summed E-state index contributed by atoms with van der Waals surface area (Å²) in [7, 11) is 0. The van der Waals surface area contributed by atoms with Gasteiger partial charge < -0.3 is 14.4 Å². The van der Waals surface area contributed by atoms with Crippen LogP contribution in [0.5, 0.6) is 5.75 Å². The first kappa shape index (κ1) is 17.2. The number of halogens is 1. The third-order valence-electron chi connectivity index (χ3n) is 4.63. The number of morpholine rings is 1. The molecule has 2 aliphatic heterocycles. The Morgan fingerprint density at radius 2 is 1.96 bits per heavy atom. The Morgan fingerprint density at radius 3 is 2.71 bits per heavy atom. The van der Waals surface area contributed by atoms with Gasteiger partial charge in [-0.1, -0.05) is 0 Å². The third-order valence-corrected chi connectivity index (χ3v) is 4.63. The van der Waals surface area contributed by atoms with Crippen molar-refractivity contribution >= 4 is 5.91 Å². The SMILES string of the molecule is O=C(CN1CCOCC1)N1CCCC(COc2ccc(F)cc2)C1. The smallest absolute Gasteiger partial charge is 0.236 e. The number of nitrogens with zero attached hydrogens (tertiary/aromatic N) is 2. The second kappa shape index (κ2) is 8.44. The average Bonchev–Trinajstić information content (AvgIpc) is 2.62. The molecule has 2 saturated heterocycles. The maximum absolute atomic E-state index is 12.9. The highest BCUT2D eigenvalue weighted by Gasteiger charge is 2.25. The fourth-order valence-corrected chi connectivity index (χ4v) is 3.22. The van der Waals surface area contributed by atoms with E-state index in [1.54, 1.807) is 12.1 Å². The fraction of sp³-hybridized carbons (Fsp3) is 0.611. The van der Waals surface area contributed by atoms with Gasteiger partial charge in [0, 0.05) is 32.1 Å². The summed E-state index contributed by atoms with van der Waals surface area (Å²) in [5, 5.41) is 0. The van der Waals surface area contributed by atoms with E-state index in [0.29, 0.717) is 38.0 Å². The van der Waals surface area contributed by atoms with Crippen LogP contribution in [0.25, 0.3) is 0 Å². The molecule has 2 fully saturated rings. The van der Waals surface area contributed by atoms with E-state index in [4.69, 9.17) is 9.47 Å². The van der Waals surface area contributed by atoms with Crippen molar-refractivity contribution in [3.8, 4) is 5.75 Å². The number of piperidine rings is 1. The maximum atomic E-state index is 12.9. The monoisotopic (exact) mass is 336 g/mol. The molecule has 1 aromatic rings. The molecule has 1 atom stereocenters. The molecule has 2 aliphatic rings. The van der Waals surface area contributed by atoms with E-state index < -0.39 is 0 Å². The number of likely N-dealkylation sites (tertiary alicyclic amines) is 1. The molecular formula is C18H25FN2O3. The topological polar surface area (TPSA) is 42.0 Å². The Hall–Kier alpha value is -1.66. The standard InChI is InChI=1S/C18H25FN2O3/c19-16-3-5-17(6-4-16)24-14-15-2-1-7-21(12-15)18(22)13-20-8-10-23-11-9-20/h3-6,15H,1-2,7-14H2. The van der Waals surface area contributed by atoms with Crippen LogP contribution in [0.15, 0.2) is 24.3 Å². The molecule has 1 aromatic carbocycles. The molecule has 1 unspecified atom stereocenters. The summed E-state index contributed by atoms with van der Waals surface area (Å²) in [5.41, 5.74) is 0. The van der Waals surface area contributed by atoms with E-state index >= 15 is 0 Å². The molecule has 0 radical (unpaired) electrons. The van der Waals surface area contributed by atoms with E-state index in [1.165, 1.54) is 12.1 Å². The van der Waals surface area contributed by atoms with Crippen molar-refractivity contribution in [2.45, 2.75) is 12.8 Å². The van der Waals surface area contributed by atoms with Crippen LogP contribution in [0.2, 0.25) is 0 Å². The first-order valence-corrected chi connectivity index (χ1v) is 8.67. The molecule has 0 saturated carbocycles. The highest BCUT2D eigenvalue weighted by atomic mass is 19.1. The summed E-state index contributed by atoms with van der Waals surface area (Å²) in [4.78, 5) is 16.6. The number of rotatable bonds is 5. The Morgan fingerprint density at radius 1 is 1.21 bits per heavy atom. The summed E-state index contributed by atoms with van der Waals surface area (Å²) in [6.07, 6.45) is 2.06. The molecule has 6 heteroatoms. The van der Waals surface area contributed by atoms with E-state index in [1.807, 2.05) is 4.90 Å². The lowest BCUT2D eigenvalue weighted by Gasteiger charge is -2.35. The van der Waals surface area contributed by atoms with Gasteiger partial charge in [-0.05, 0) is 37.1 Å². The number of hydrogen-bond acceptors (Lipinski definition) is 4. The first-order chi connectivity index (χ1) is 11.7. The Bertz CT molecular complexity index is 532. The number of carbonyl (C=O) groups is 1. The minimum atomic E-state index is -0.264. The van der Waals surface area contributed by atoms with Gasteiger partial charge in [-0.15, -0.1) is 0 Å². The first-order valence-electron chi connectivity index (χ1n) is 8.67. The van der Waals surface area contributed by atoms with Crippen LogP contribution in [-0.2, 0) is 9.53 Å². The van der Waals surface area contributed by atoms with Gasteiger partial charge in [0.05, 0.1) is 26.4 Å². The van der Waals surface area contributed by atoms with E-state index in [0.717, 1.165) is 39.0 Å². The summed E-state index contributed by atoms with van der Waals surface area (Å²) in [5.74, 6) is 0.939. The zero-order valence-electron chi connectivity index (χ0n) is 14.0. The second-order valence-electron chi connectivity index (χ2n) is 6.50. The van der Waals surface area contributed by atoms with Crippen LogP contribution in [-0.4, -0.2) is 68.3 Å². The Balaban J connectivity index is 1.44. The van der Waals surface area contributed by atoms with Crippen LogP contribution < -0.4 is 4.74 Å². The molecule has 1 amide bonds. The summed E-state index contributed by atoms with van der Waals surface area (Å²) >= 11 is 0. The van der Waals surface area contributed by atoms with Crippen molar-refractivity contribution in [2.24, 2.45) is 5.92 Å². The third kappa shape index (κ3) is 4.92. The van der Waals surface area contributed by atoms with Gasteiger partial charge in [0.15, 0.2) is 0 Å². The molecule has 0 bridgehead atoms. The Labute approximate surface area is 142 Å². The minimum absolute atomic E-state index is 0.198. The largest absolute Gasteiger partial charge is 0.493 e. The van der Waals surface area contributed by atoms with Crippen LogP contribution in [0.3, 0.4) is 0 Å². The maximum Gasteiger partial charge on any atom is 0.236 e. The second-order valence-corrected chi connectivity index (χ2v) is 6.50. The van der Waals surface area contributed by atoms with Gasteiger partial charge in [0.1, 0.15) is 11.6 Å². The van der Waals surface area contributed by atoms with Gasteiger partial charge in [-0.25, -0.2) is 4.39 Å². The van der Waals surface area contributed by atoms with Crippen LogP contribution in [0.4, 0.5) is 4.39 Å². The summed E-state index contributed by atoms with van der Waals surface area (Å²) in [6, 6.07) is 6.07. The lowest BCUT2D eigenvalue weighted by molar-refractivity contribution is -0.135. The number of hydrogen-bond donors (Lipinski definition) is 0. The zero-order chi connectivity index (χ0) is 16.8. The number of amides is 1. The molecule has 132 valence electrons. The van der Waals surface area contributed by atoms with Crippen LogP contribution in [0.1, 0.15) is 12.8 Å².